The van der Waals surface area contributed by atoms with Crippen LogP contribution in [0.3, 0.4) is 0 Å². The molecular formula is C18H22N4O3. The van der Waals surface area contributed by atoms with Crippen molar-refractivity contribution >= 4 is 11.6 Å². The summed E-state index contributed by atoms with van der Waals surface area (Å²) in [5, 5.41) is 11.2. The molecule has 1 atom stereocenters. The van der Waals surface area contributed by atoms with Crippen molar-refractivity contribution in [1.29, 1.82) is 0 Å². The number of rotatable bonds is 7. The normalized spacial score (nSPS) is 16.2. The number of amides is 1. The van der Waals surface area contributed by atoms with E-state index in [-0.39, 0.29) is 5.91 Å². The van der Waals surface area contributed by atoms with E-state index >= 15 is 0 Å². The van der Waals surface area contributed by atoms with Crippen LogP contribution in [0, 0.1) is 6.92 Å². The molecule has 1 unspecified atom stereocenters. The van der Waals surface area contributed by atoms with Gasteiger partial charge in [0.1, 0.15) is 5.75 Å². The highest BCUT2D eigenvalue weighted by Gasteiger charge is 2.28. The molecule has 0 radical (unpaired) electrons. The van der Waals surface area contributed by atoms with E-state index in [2.05, 4.69) is 15.6 Å². The van der Waals surface area contributed by atoms with Gasteiger partial charge in [0.2, 0.25) is 6.10 Å². The molecule has 3 rings (SSSR count). The number of benzene rings is 1. The predicted molar refractivity (Wildman–Crippen MR) is 93.6 cm³/mol. The fourth-order valence-electron chi connectivity index (χ4n) is 2.63. The largest absolute Gasteiger partial charge is 0.497 e. The van der Waals surface area contributed by atoms with Gasteiger partial charge in [0.25, 0.3) is 5.91 Å². The zero-order valence-electron chi connectivity index (χ0n) is 14.4. The molecule has 1 aromatic carbocycles. The fourth-order valence-corrected chi connectivity index (χ4v) is 2.63. The van der Waals surface area contributed by atoms with Crippen LogP contribution in [-0.2, 0) is 16.2 Å². The third kappa shape index (κ3) is 4.37. The summed E-state index contributed by atoms with van der Waals surface area (Å²) in [5.41, 5.74) is 2.84. The molecule has 0 spiro atoms. The molecule has 25 heavy (non-hydrogen) atoms. The van der Waals surface area contributed by atoms with Crippen LogP contribution < -0.4 is 10.1 Å². The highest BCUT2D eigenvalue weighted by Crippen LogP contribution is 2.19. The first-order chi connectivity index (χ1) is 12.2. The van der Waals surface area contributed by atoms with Crippen LogP contribution in [0.5, 0.6) is 5.75 Å². The van der Waals surface area contributed by atoms with Crippen molar-refractivity contribution in [1.82, 2.24) is 15.1 Å². The summed E-state index contributed by atoms with van der Waals surface area (Å²) in [6, 6.07) is 7.55. The van der Waals surface area contributed by atoms with E-state index in [1.165, 1.54) is 0 Å². The minimum atomic E-state index is -0.566. The van der Waals surface area contributed by atoms with Crippen LogP contribution in [-0.4, -0.2) is 41.2 Å². The minimum absolute atomic E-state index is 0.135. The van der Waals surface area contributed by atoms with Crippen molar-refractivity contribution in [2.75, 3.05) is 13.7 Å². The molecule has 1 N–H and O–H groups in total. The molecule has 1 aliphatic rings. The van der Waals surface area contributed by atoms with Gasteiger partial charge in [0, 0.05) is 25.7 Å². The molecule has 2 aromatic rings. The molecule has 1 aromatic heterocycles. The number of hydrogen-bond donors (Lipinski definition) is 1. The van der Waals surface area contributed by atoms with E-state index in [4.69, 9.17) is 9.57 Å². The third-order valence-electron chi connectivity index (χ3n) is 4.01. The molecule has 1 amide bonds. The lowest BCUT2D eigenvalue weighted by atomic mass is 10.0. The fraction of sp³-hybridized carbons (Fsp3) is 0.389. The van der Waals surface area contributed by atoms with Gasteiger partial charge >= 0.3 is 0 Å². The summed E-state index contributed by atoms with van der Waals surface area (Å²) in [4.78, 5) is 17.5. The highest BCUT2D eigenvalue weighted by atomic mass is 16.6. The average molecular weight is 342 g/mol. The summed E-state index contributed by atoms with van der Waals surface area (Å²) in [6.07, 6.45) is 4.52. The molecule has 7 nitrogen and oxygen atoms in total. The van der Waals surface area contributed by atoms with Crippen LogP contribution in [0.25, 0.3) is 0 Å². The van der Waals surface area contributed by atoms with Gasteiger partial charge in [-0.15, -0.1) is 0 Å². The Bertz CT molecular complexity index is 752. The van der Waals surface area contributed by atoms with Gasteiger partial charge < -0.3 is 14.9 Å². The number of methoxy groups -OCH3 is 1. The zero-order chi connectivity index (χ0) is 17.6. The number of ether oxygens (including phenoxy) is 1. The van der Waals surface area contributed by atoms with Gasteiger partial charge in [-0.3, -0.25) is 9.48 Å². The quantitative estimate of drug-likeness (QED) is 0.780. The molecule has 1 aliphatic heterocycles. The molecule has 7 heteroatoms. The number of oxime groups is 1. The Labute approximate surface area is 146 Å². The smallest absolute Gasteiger partial charge is 0.264 e. The number of carbonyl (C=O) groups excluding carboxylic acids is 1. The van der Waals surface area contributed by atoms with Crippen molar-refractivity contribution in [3.63, 3.8) is 0 Å². The number of aryl methyl sites for hydroxylation is 2. The number of aromatic nitrogens is 2. The Morgan fingerprint density at radius 2 is 2.20 bits per heavy atom. The van der Waals surface area contributed by atoms with Crippen LogP contribution in [0.15, 0.2) is 41.8 Å². The SMILES string of the molecule is COc1ccc(C2=NOC(C(=O)NCCCn3cc(C)cn3)C2)cc1. The highest BCUT2D eigenvalue weighted by molar-refractivity contribution is 6.04. The standard InChI is InChI=1S/C18H22N4O3/c1-13-11-20-22(12-13)9-3-8-19-18(23)17-10-16(21-25-17)14-4-6-15(24-2)7-5-14/h4-7,11-12,17H,3,8-10H2,1-2H3,(H,19,23). The second-order valence-corrected chi connectivity index (χ2v) is 5.99. The van der Waals surface area contributed by atoms with E-state index in [1.54, 1.807) is 7.11 Å². The molecule has 0 saturated heterocycles. The van der Waals surface area contributed by atoms with Crippen LogP contribution in [0.1, 0.15) is 24.0 Å². The van der Waals surface area contributed by atoms with Gasteiger partial charge in [0.05, 0.1) is 19.0 Å². The van der Waals surface area contributed by atoms with Crippen molar-refractivity contribution in [3.8, 4) is 5.75 Å². The summed E-state index contributed by atoms with van der Waals surface area (Å²) in [7, 11) is 1.62. The number of hydrogen-bond acceptors (Lipinski definition) is 5. The van der Waals surface area contributed by atoms with Crippen LogP contribution in [0.4, 0.5) is 0 Å². The van der Waals surface area contributed by atoms with E-state index < -0.39 is 6.10 Å². The average Bonchev–Trinajstić information content (AvgIpc) is 3.28. The van der Waals surface area contributed by atoms with E-state index in [1.807, 2.05) is 48.3 Å². The van der Waals surface area contributed by atoms with Gasteiger partial charge in [0.15, 0.2) is 0 Å². The lowest BCUT2D eigenvalue weighted by Crippen LogP contribution is -2.35. The molecule has 132 valence electrons. The second kappa shape index (κ2) is 7.83. The van der Waals surface area contributed by atoms with Crippen molar-refractivity contribution in [3.05, 3.63) is 47.8 Å². The number of carbonyl (C=O) groups is 1. The zero-order valence-corrected chi connectivity index (χ0v) is 14.4. The first kappa shape index (κ1) is 17.0. The molecule has 0 aliphatic carbocycles. The maximum absolute atomic E-state index is 12.2. The lowest BCUT2D eigenvalue weighted by molar-refractivity contribution is -0.131. The first-order valence-corrected chi connectivity index (χ1v) is 8.29. The van der Waals surface area contributed by atoms with Gasteiger partial charge in [-0.25, -0.2) is 0 Å². The van der Waals surface area contributed by atoms with Gasteiger partial charge in [-0.1, -0.05) is 5.16 Å². The molecule has 2 heterocycles. The maximum atomic E-state index is 12.2. The van der Waals surface area contributed by atoms with E-state index in [0.717, 1.165) is 35.6 Å². The summed E-state index contributed by atoms with van der Waals surface area (Å²) >= 11 is 0. The summed E-state index contributed by atoms with van der Waals surface area (Å²) < 4.78 is 7.01. The molecular weight excluding hydrogens is 320 g/mol. The Balaban J connectivity index is 1.41. The second-order valence-electron chi connectivity index (χ2n) is 5.99. The first-order valence-electron chi connectivity index (χ1n) is 8.29. The minimum Gasteiger partial charge on any atom is -0.497 e. The van der Waals surface area contributed by atoms with Crippen LogP contribution >= 0.6 is 0 Å². The molecule has 0 saturated carbocycles. The molecule has 0 fully saturated rings. The molecule has 0 bridgehead atoms. The third-order valence-corrected chi connectivity index (χ3v) is 4.01. The van der Waals surface area contributed by atoms with Crippen molar-refractivity contribution in [2.24, 2.45) is 5.16 Å². The van der Waals surface area contributed by atoms with E-state index in [9.17, 15) is 4.79 Å². The van der Waals surface area contributed by atoms with Gasteiger partial charge in [-0.2, -0.15) is 5.10 Å². The monoisotopic (exact) mass is 342 g/mol. The summed E-state index contributed by atoms with van der Waals surface area (Å²) in [6.45, 7) is 3.35. The Kier molecular flexibility index (Phi) is 5.33. The number of nitrogens with zero attached hydrogens (tertiary/aromatic N) is 3. The van der Waals surface area contributed by atoms with E-state index in [0.29, 0.717) is 13.0 Å². The van der Waals surface area contributed by atoms with Crippen molar-refractivity contribution in [2.45, 2.75) is 32.4 Å². The maximum Gasteiger partial charge on any atom is 0.264 e. The van der Waals surface area contributed by atoms with Crippen LogP contribution in [0.2, 0.25) is 0 Å². The Hall–Kier alpha value is -2.83. The predicted octanol–water partition coefficient (Wildman–Crippen LogP) is 1.90. The van der Waals surface area contributed by atoms with Crippen molar-refractivity contribution < 1.29 is 14.4 Å². The topological polar surface area (TPSA) is 77.7 Å². The Morgan fingerprint density at radius 3 is 2.88 bits per heavy atom. The Morgan fingerprint density at radius 1 is 1.40 bits per heavy atom. The number of nitrogens with one attached hydrogen (secondary N) is 1. The summed E-state index contributed by atoms with van der Waals surface area (Å²) in [5.74, 6) is 0.647. The lowest BCUT2D eigenvalue weighted by Gasteiger charge is -2.09. The van der Waals surface area contributed by atoms with Gasteiger partial charge in [-0.05, 0) is 48.7 Å².